The second-order valence-electron chi connectivity index (χ2n) is 5.96. The number of para-hydroxylation sites is 2. The minimum absolute atomic E-state index is 0.232. The van der Waals surface area contributed by atoms with Crippen molar-refractivity contribution in [3.8, 4) is 11.5 Å². The maximum absolute atomic E-state index is 12.2. The molecule has 0 saturated heterocycles. The van der Waals surface area contributed by atoms with E-state index in [2.05, 4.69) is 5.32 Å². The molecule has 7 nitrogen and oxygen atoms in total. The van der Waals surface area contributed by atoms with Gasteiger partial charge in [-0.1, -0.05) is 24.3 Å². The predicted molar refractivity (Wildman–Crippen MR) is 105 cm³/mol. The molecule has 0 heterocycles. The Morgan fingerprint density at radius 3 is 2.44 bits per heavy atom. The predicted octanol–water partition coefficient (Wildman–Crippen LogP) is 1.96. The second-order valence-corrected chi connectivity index (χ2v) is 7.86. The van der Waals surface area contributed by atoms with Crippen LogP contribution in [0.25, 0.3) is 0 Å². The van der Waals surface area contributed by atoms with Gasteiger partial charge in [0.05, 0.1) is 25.6 Å². The zero-order valence-corrected chi connectivity index (χ0v) is 16.5. The van der Waals surface area contributed by atoms with Crippen molar-refractivity contribution in [2.24, 2.45) is 0 Å². The van der Waals surface area contributed by atoms with Crippen molar-refractivity contribution in [3.05, 3.63) is 54.1 Å². The van der Waals surface area contributed by atoms with Crippen molar-refractivity contribution < 1.29 is 22.7 Å². The molecule has 2 aromatic carbocycles. The molecule has 0 saturated carbocycles. The Kier molecular flexibility index (Phi) is 7.06. The molecular weight excluding hydrogens is 368 g/mol. The summed E-state index contributed by atoms with van der Waals surface area (Å²) in [5.74, 6) is 0.767. The highest BCUT2D eigenvalue weighted by atomic mass is 32.2. The highest BCUT2D eigenvalue weighted by Gasteiger charge is 2.20. The summed E-state index contributed by atoms with van der Waals surface area (Å²) in [4.78, 5) is 12.2. The molecule has 2 rings (SSSR count). The first-order chi connectivity index (χ1) is 12.8. The topological polar surface area (TPSA) is 84.9 Å². The standard InChI is InChI=1S/C19H24N2O5S/c1-15-7-6-8-16(13-15)21(27(3,23)24)14-19(22)20-11-12-26-18-10-5-4-9-17(18)25-2/h4-10,13H,11-12,14H2,1-3H3,(H,20,22). The maximum Gasteiger partial charge on any atom is 0.240 e. The summed E-state index contributed by atoms with van der Waals surface area (Å²) >= 11 is 0. The average Bonchev–Trinajstić information content (AvgIpc) is 2.62. The van der Waals surface area contributed by atoms with Crippen molar-refractivity contribution in [2.75, 3.05) is 37.4 Å². The molecule has 0 bridgehead atoms. The van der Waals surface area contributed by atoms with Gasteiger partial charge in [0.15, 0.2) is 11.5 Å². The number of anilines is 1. The molecule has 0 aromatic heterocycles. The number of nitrogens with one attached hydrogen (secondary N) is 1. The molecule has 0 radical (unpaired) electrons. The zero-order valence-electron chi connectivity index (χ0n) is 15.6. The summed E-state index contributed by atoms with van der Waals surface area (Å²) in [5.41, 5.74) is 1.37. The molecule has 1 amide bonds. The van der Waals surface area contributed by atoms with Gasteiger partial charge in [-0.3, -0.25) is 9.10 Å². The van der Waals surface area contributed by atoms with E-state index < -0.39 is 15.9 Å². The average molecular weight is 392 g/mol. The number of ether oxygens (including phenoxy) is 2. The minimum Gasteiger partial charge on any atom is -0.493 e. The number of benzene rings is 2. The van der Waals surface area contributed by atoms with Crippen LogP contribution in [0.15, 0.2) is 48.5 Å². The summed E-state index contributed by atoms with van der Waals surface area (Å²) in [6, 6.07) is 14.2. The summed E-state index contributed by atoms with van der Waals surface area (Å²) in [6.07, 6.45) is 1.08. The molecule has 0 unspecified atom stereocenters. The number of nitrogens with zero attached hydrogens (tertiary/aromatic N) is 1. The van der Waals surface area contributed by atoms with Crippen LogP contribution in [0.2, 0.25) is 0 Å². The molecule has 0 atom stereocenters. The maximum atomic E-state index is 12.2. The number of methoxy groups -OCH3 is 1. The van der Waals surface area contributed by atoms with Crippen LogP contribution in [-0.2, 0) is 14.8 Å². The van der Waals surface area contributed by atoms with Gasteiger partial charge in [-0.2, -0.15) is 0 Å². The van der Waals surface area contributed by atoms with Crippen molar-refractivity contribution in [2.45, 2.75) is 6.92 Å². The number of carbonyl (C=O) groups is 1. The number of carbonyl (C=O) groups excluding carboxylic acids is 1. The van der Waals surface area contributed by atoms with Gasteiger partial charge in [0.2, 0.25) is 15.9 Å². The Morgan fingerprint density at radius 2 is 1.81 bits per heavy atom. The molecule has 2 aromatic rings. The van der Waals surface area contributed by atoms with Gasteiger partial charge in [0.1, 0.15) is 13.2 Å². The summed E-state index contributed by atoms with van der Waals surface area (Å²) < 4.78 is 36.0. The lowest BCUT2D eigenvalue weighted by Crippen LogP contribution is -2.41. The summed E-state index contributed by atoms with van der Waals surface area (Å²) in [7, 11) is -2.04. The Hall–Kier alpha value is -2.74. The normalized spacial score (nSPS) is 10.9. The number of aryl methyl sites for hydroxylation is 1. The van der Waals surface area contributed by atoms with E-state index in [1.165, 1.54) is 0 Å². The van der Waals surface area contributed by atoms with Crippen molar-refractivity contribution in [1.29, 1.82) is 0 Å². The van der Waals surface area contributed by atoms with Gasteiger partial charge in [-0.05, 0) is 36.8 Å². The van der Waals surface area contributed by atoms with Crippen LogP contribution in [0.1, 0.15) is 5.56 Å². The Bertz CT molecular complexity index is 883. The molecule has 146 valence electrons. The van der Waals surface area contributed by atoms with Gasteiger partial charge >= 0.3 is 0 Å². The van der Waals surface area contributed by atoms with E-state index in [-0.39, 0.29) is 19.7 Å². The first-order valence-electron chi connectivity index (χ1n) is 8.38. The lowest BCUT2D eigenvalue weighted by molar-refractivity contribution is -0.119. The van der Waals surface area contributed by atoms with E-state index in [1.54, 1.807) is 37.4 Å². The SMILES string of the molecule is COc1ccccc1OCCNC(=O)CN(c1cccc(C)c1)S(C)(=O)=O. The van der Waals surface area contributed by atoms with E-state index in [4.69, 9.17) is 9.47 Å². The monoisotopic (exact) mass is 392 g/mol. The Morgan fingerprint density at radius 1 is 1.11 bits per heavy atom. The van der Waals surface area contributed by atoms with Crippen molar-refractivity contribution in [1.82, 2.24) is 5.32 Å². The number of hydrogen-bond acceptors (Lipinski definition) is 5. The van der Waals surface area contributed by atoms with E-state index in [9.17, 15) is 13.2 Å². The fourth-order valence-corrected chi connectivity index (χ4v) is 3.31. The highest BCUT2D eigenvalue weighted by molar-refractivity contribution is 7.92. The molecule has 27 heavy (non-hydrogen) atoms. The van der Waals surface area contributed by atoms with E-state index in [0.29, 0.717) is 17.2 Å². The van der Waals surface area contributed by atoms with Crippen LogP contribution in [0, 0.1) is 6.92 Å². The third-order valence-corrected chi connectivity index (χ3v) is 4.87. The lowest BCUT2D eigenvalue weighted by atomic mass is 10.2. The molecule has 1 N–H and O–H groups in total. The van der Waals surface area contributed by atoms with E-state index in [1.807, 2.05) is 25.1 Å². The van der Waals surface area contributed by atoms with E-state index >= 15 is 0 Å². The molecule has 0 aliphatic carbocycles. The van der Waals surface area contributed by atoms with Gasteiger partial charge < -0.3 is 14.8 Å². The van der Waals surface area contributed by atoms with Gasteiger partial charge in [-0.25, -0.2) is 8.42 Å². The molecule has 8 heteroatoms. The largest absolute Gasteiger partial charge is 0.493 e. The third kappa shape index (κ3) is 6.18. The van der Waals surface area contributed by atoms with Gasteiger partial charge in [-0.15, -0.1) is 0 Å². The molecule has 0 fully saturated rings. The first-order valence-corrected chi connectivity index (χ1v) is 10.2. The third-order valence-electron chi connectivity index (χ3n) is 3.73. The van der Waals surface area contributed by atoms with E-state index in [0.717, 1.165) is 16.1 Å². The second kappa shape index (κ2) is 9.27. The molecule has 0 aliphatic rings. The molecule has 0 spiro atoms. The van der Waals surface area contributed by atoms with Crippen LogP contribution in [0.3, 0.4) is 0 Å². The highest BCUT2D eigenvalue weighted by Crippen LogP contribution is 2.25. The summed E-state index contributed by atoms with van der Waals surface area (Å²) in [6.45, 7) is 2.04. The minimum atomic E-state index is -3.59. The van der Waals surface area contributed by atoms with Crippen LogP contribution < -0.4 is 19.1 Å². The van der Waals surface area contributed by atoms with Gasteiger partial charge in [0.25, 0.3) is 0 Å². The van der Waals surface area contributed by atoms with Crippen LogP contribution >= 0.6 is 0 Å². The molecule has 0 aliphatic heterocycles. The Labute approximate surface area is 160 Å². The quantitative estimate of drug-likeness (QED) is 0.660. The van der Waals surface area contributed by atoms with Gasteiger partial charge in [0, 0.05) is 0 Å². The number of rotatable bonds is 9. The summed E-state index contributed by atoms with van der Waals surface area (Å²) in [5, 5.41) is 2.67. The lowest BCUT2D eigenvalue weighted by Gasteiger charge is -2.22. The smallest absolute Gasteiger partial charge is 0.240 e. The molecular formula is C19H24N2O5S. The number of sulfonamides is 1. The first kappa shape index (κ1) is 20.6. The fourth-order valence-electron chi connectivity index (χ4n) is 2.46. The number of hydrogen-bond donors (Lipinski definition) is 1. The van der Waals surface area contributed by atoms with Crippen LogP contribution in [0.5, 0.6) is 11.5 Å². The fraction of sp³-hybridized carbons (Fsp3) is 0.316. The Balaban J connectivity index is 1.91. The van der Waals surface area contributed by atoms with Crippen LogP contribution in [0.4, 0.5) is 5.69 Å². The van der Waals surface area contributed by atoms with Crippen molar-refractivity contribution >= 4 is 21.6 Å². The van der Waals surface area contributed by atoms with Crippen molar-refractivity contribution in [3.63, 3.8) is 0 Å². The van der Waals surface area contributed by atoms with Crippen LogP contribution in [-0.4, -0.2) is 47.4 Å². The zero-order chi connectivity index (χ0) is 19.9. The number of amides is 1.